The molecule has 0 aromatic heterocycles. The minimum atomic E-state index is -0.676. The van der Waals surface area contributed by atoms with Gasteiger partial charge in [0.1, 0.15) is 6.10 Å². The van der Waals surface area contributed by atoms with E-state index < -0.39 is 12.1 Å². The molecular formula is C17H24O5. The van der Waals surface area contributed by atoms with Gasteiger partial charge in [-0.25, -0.2) is 4.79 Å². The summed E-state index contributed by atoms with van der Waals surface area (Å²) in [6.07, 6.45) is 1.12. The summed E-state index contributed by atoms with van der Waals surface area (Å²) < 4.78 is 10.3. The molecule has 0 aromatic carbocycles. The zero-order valence-corrected chi connectivity index (χ0v) is 13.4. The lowest BCUT2D eigenvalue weighted by Gasteiger charge is -2.26. The fourth-order valence-corrected chi connectivity index (χ4v) is 3.50. The molecule has 0 bridgehead atoms. The van der Waals surface area contributed by atoms with E-state index in [1.54, 1.807) is 0 Å². The molecule has 0 amide bonds. The maximum Gasteiger partial charge on any atom is 0.334 e. The van der Waals surface area contributed by atoms with Crippen molar-refractivity contribution < 1.29 is 24.2 Å². The first-order chi connectivity index (χ1) is 10.3. The van der Waals surface area contributed by atoms with Crippen molar-refractivity contribution in [3.8, 4) is 0 Å². The fourth-order valence-electron chi connectivity index (χ4n) is 3.50. The highest BCUT2D eigenvalue weighted by molar-refractivity contribution is 5.91. The molecule has 2 aliphatic rings. The number of esters is 2. The molecule has 1 fully saturated rings. The number of carbonyl (C=O) groups excluding carboxylic acids is 2. The summed E-state index contributed by atoms with van der Waals surface area (Å²) in [4.78, 5) is 22.5. The van der Waals surface area contributed by atoms with Crippen LogP contribution in [-0.2, 0) is 19.1 Å². The van der Waals surface area contributed by atoms with E-state index >= 15 is 0 Å². The van der Waals surface area contributed by atoms with Crippen LogP contribution in [0.3, 0.4) is 0 Å². The van der Waals surface area contributed by atoms with E-state index in [1.807, 2.05) is 13.8 Å². The van der Waals surface area contributed by atoms with E-state index in [4.69, 9.17) is 9.47 Å². The predicted molar refractivity (Wildman–Crippen MR) is 80.9 cm³/mol. The zero-order chi connectivity index (χ0) is 16.4. The van der Waals surface area contributed by atoms with Gasteiger partial charge in [-0.3, -0.25) is 4.79 Å². The summed E-state index contributed by atoms with van der Waals surface area (Å²) in [5, 5.41) is 10.6. The van der Waals surface area contributed by atoms with Crippen molar-refractivity contribution in [3.05, 3.63) is 23.3 Å². The van der Waals surface area contributed by atoms with Crippen LogP contribution in [0.2, 0.25) is 0 Å². The minimum absolute atomic E-state index is 0.0708. The molecular weight excluding hydrogens is 284 g/mol. The van der Waals surface area contributed by atoms with Crippen molar-refractivity contribution in [2.75, 3.05) is 6.61 Å². The summed E-state index contributed by atoms with van der Waals surface area (Å²) in [7, 11) is 0. The third-order valence-electron chi connectivity index (χ3n) is 4.70. The number of aliphatic hydroxyl groups is 1. The van der Waals surface area contributed by atoms with Gasteiger partial charge >= 0.3 is 11.9 Å². The Kier molecular flexibility index (Phi) is 5.06. The molecule has 0 aromatic rings. The van der Waals surface area contributed by atoms with Crippen molar-refractivity contribution in [1.29, 1.82) is 0 Å². The summed E-state index contributed by atoms with van der Waals surface area (Å²) >= 11 is 0. The number of fused-ring (bicyclic) bond motifs is 1. The highest BCUT2D eigenvalue weighted by Crippen LogP contribution is 2.42. The van der Waals surface area contributed by atoms with Crippen LogP contribution in [0.1, 0.15) is 40.0 Å². The van der Waals surface area contributed by atoms with Gasteiger partial charge in [0.25, 0.3) is 0 Å². The lowest BCUT2D eigenvalue weighted by Crippen LogP contribution is -2.32. The van der Waals surface area contributed by atoms with Crippen LogP contribution in [0.15, 0.2) is 23.3 Å². The Hall–Kier alpha value is -1.62. The van der Waals surface area contributed by atoms with Crippen molar-refractivity contribution in [1.82, 2.24) is 0 Å². The number of hydrogen-bond donors (Lipinski definition) is 1. The summed E-state index contributed by atoms with van der Waals surface area (Å²) in [5.74, 6) is -1.08. The maximum absolute atomic E-state index is 11.7. The second-order valence-corrected chi connectivity index (χ2v) is 6.23. The largest absolute Gasteiger partial charge is 0.466 e. The molecule has 22 heavy (non-hydrogen) atoms. The fraction of sp³-hybridized carbons (Fsp3) is 0.647. The molecule has 0 saturated carbocycles. The molecule has 4 atom stereocenters. The first kappa shape index (κ1) is 16.7. The second kappa shape index (κ2) is 6.65. The molecule has 1 aliphatic heterocycles. The van der Waals surface area contributed by atoms with E-state index in [2.05, 4.69) is 6.58 Å². The van der Waals surface area contributed by atoms with Gasteiger partial charge < -0.3 is 14.6 Å². The Morgan fingerprint density at radius 1 is 1.50 bits per heavy atom. The number of carbonyl (C=O) groups is 2. The van der Waals surface area contributed by atoms with Crippen molar-refractivity contribution >= 4 is 11.9 Å². The third-order valence-corrected chi connectivity index (χ3v) is 4.70. The summed E-state index contributed by atoms with van der Waals surface area (Å²) in [6, 6.07) is 0. The SMILES string of the molecule is C=C1C(=O)O[C@H]2CC(C)=C(CCCOC(C)=O)[C@H](C)[C@H](O)[C@@H]12. The van der Waals surface area contributed by atoms with E-state index in [0.717, 1.165) is 24.0 Å². The van der Waals surface area contributed by atoms with E-state index in [9.17, 15) is 14.7 Å². The summed E-state index contributed by atoms with van der Waals surface area (Å²) in [5.41, 5.74) is 2.68. The predicted octanol–water partition coefficient (Wildman–Crippen LogP) is 2.14. The molecule has 1 N–H and O–H groups in total. The smallest absolute Gasteiger partial charge is 0.334 e. The van der Waals surface area contributed by atoms with Gasteiger partial charge in [0.05, 0.1) is 18.6 Å². The van der Waals surface area contributed by atoms with Crippen LogP contribution in [0, 0.1) is 11.8 Å². The van der Waals surface area contributed by atoms with E-state index in [-0.39, 0.29) is 23.9 Å². The van der Waals surface area contributed by atoms with Crippen LogP contribution < -0.4 is 0 Å². The molecule has 1 aliphatic carbocycles. The lowest BCUT2D eigenvalue weighted by atomic mass is 9.82. The van der Waals surface area contributed by atoms with Crippen molar-refractivity contribution in [2.45, 2.75) is 52.2 Å². The Bertz CT molecular complexity index is 519. The van der Waals surface area contributed by atoms with Gasteiger partial charge in [-0.15, -0.1) is 0 Å². The number of rotatable bonds is 4. The standard InChI is InChI=1S/C17H24O5/c1-9-8-14-15(11(3)17(20)22-14)16(19)10(2)13(9)6-5-7-21-12(4)18/h10,14-16,19H,3,5-8H2,1-2,4H3/t10-,14-,15-,16-/m0/s1. The van der Waals surface area contributed by atoms with Crippen LogP contribution in [0.25, 0.3) is 0 Å². The average Bonchev–Trinajstić information content (AvgIpc) is 2.67. The summed E-state index contributed by atoms with van der Waals surface area (Å²) in [6.45, 7) is 9.53. The van der Waals surface area contributed by atoms with Gasteiger partial charge in [0.2, 0.25) is 0 Å². The van der Waals surface area contributed by atoms with Crippen LogP contribution >= 0.6 is 0 Å². The molecule has 1 heterocycles. The van der Waals surface area contributed by atoms with E-state index in [1.165, 1.54) is 6.92 Å². The molecule has 5 heteroatoms. The molecule has 1 saturated heterocycles. The first-order valence-corrected chi connectivity index (χ1v) is 7.72. The molecule has 2 rings (SSSR count). The zero-order valence-electron chi connectivity index (χ0n) is 13.4. The van der Waals surface area contributed by atoms with Gasteiger partial charge in [-0.1, -0.05) is 24.6 Å². The highest BCUT2D eigenvalue weighted by atomic mass is 16.6. The van der Waals surface area contributed by atoms with Crippen LogP contribution in [0.5, 0.6) is 0 Å². The van der Waals surface area contributed by atoms with Gasteiger partial charge in [-0.05, 0) is 19.8 Å². The molecule has 122 valence electrons. The monoisotopic (exact) mass is 308 g/mol. The average molecular weight is 308 g/mol. The highest BCUT2D eigenvalue weighted by Gasteiger charge is 2.46. The number of aliphatic hydroxyl groups excluding tert-OH is 1. The molecule has 5 nitrogen and oxygen atoms in total. The Morgan fingerprint density at radius 2 is 2.18 bits per heavy atom. The normalized spacial score (nSPS) is 31.6. The molecule has 0 unspecified atom stereocenters. The van der Waals surface area contributed by atoms with Crippen molar-refractivity contribution in [3.63, 3.8) is 0 Å². The van der Waals surface area contributed by atoms with Crippen molar-refractivity contribution in [2.24, 2.45) is 11.8 Å². The first-order valence-electron chi connectivity index (χ1n) is 7.72. The Balaban J connectivity index is 2.10. The lowest BCUT2D eigenvalue weighted by molar-refractivity contribution is -0.141. The second-order valence-electron chi connectivity index (χ2n) is 6.23. The van der Waals surface area contributed by atoms with Crippen LogP contribution in [-0.4, -0.2) is 35.9 Å². The number of ether oxygens (including phenoxy) is 2. The topological polar surface area (TPSA) is 72.8 Å². The maximum atomic E-state index is 11.7. The van der Waals surface area contributed by atoms with Gasteiger partial charge in [-0.2, -0.15) is 0 Å². The minimum Gasteiger partial charge on any atom is -0.466 e. The Morgan fingerprint density at radius 3 is 2.82 bits per heavy atom. The van der Waals surface area contributed by atoms with Crippen LogP contribution in [0.4, 0.5) is 0 Å². The molecule has 0 radical (unpaired) electrons. The van der Waals surface area contributed by atoms with E-state index in [0.29, 0.717) is 18.6 Å². The van der Waals surface area contributed by atoms with Gasteiger partial charge in [0, 0.05) is 24.8 Å². The number of hydrogen-bond acceptors (Lipinski definition) is 5. The molecule has 0 spiro atoms. The Labute approximate surface area is 131 Å². The van der Waals surface area contributed by atoms with Gasteiger partial charge in [0.15, 0.2) is 0 Å². The third kappa shape index (κ3) is 3.24. The quantitative estimate of drug-likeness (QED) is 0.373.